The van der Waals surface area contributed by atoms with Crippen LogP contribution in [0.3, 0.4) is 0 Å². The molecule has 0 aromatic rings. The molecule has 206 valence electrons. The zero-order valence-electron chi connectivity index (χ0n) is 20.6. The summed E-state index contributed by atoms with van der Waals surface area (Å²) in [5.74, 6) is -3.48. The van der Waals surface area contributed by atoms with Crippen LogP contribution in [-0.2, 0) is 47.7 Å². The van der Waals surface area contributed by atoms with E-state index in [-0.39, 0.29) is 58.6 Å². The normalized spacial score (nSPS) is 15.4. The van der Waals surface area contributed by atoms with Gasteiger partial charge in [0.1, 0.15) is 0 Å². The highest BCUT2D eigenvalue weighted by Gasteiger charge is 2.37. The average Bonchev–Trinajstić information content (AvgIpc) is 3.36. The topological polar surface area (TPSA) is 169 Å². The van der Waals surface area contributed by atoms with Crippen molar-refractivity contribution in [2.45, 2.75) is 32.1 Å². The number of imide groups is 2. The second-order valence-electron chi connectivity index (χ2n) is 7.97. The Labute approximate surface area is 214 Å². The summed E-state index contributed by atoms with van der Waals surface area (Å²) < 4.78 is 21.4. The van der Waals surface area contributed by atoms with E-state index in [1.54, 1.807) is 0 Å². The minimum atomic E-state index is -0.855. The summed E-state index contributed by atoms with van der Waals surface area (Å²) in [5, 5.41) is 10.3. The largest absolute Gasteiger partial charge is 0.481 e. The number of carbonyl (C=O) groups excluding carboxylic acids is 5. The van der Waals surface area contributed by atoms with Crippen molar-refractivity contribution in [2.24, 2.45) is 0 Å². The smallest absolute Gasteiger partial charge is 0.303 e. The minimum absolute atomic E-state index is 0.00322. The quantitative estimate of drug-likeness (QED) is 0.154. The molecule has 14 nitrogen and oxygen atoms in total. The number of amides is 5. The van der Waals surface area contributed by atoms with E-state index < -0.39 is 35.5 Å². The minimum Gasteiger partial charge on any atom is -0.481 e. The van der Waals surface area contributed by atoms with Gasteiger partial charge < -0.3 is 24.1 Å². The SMILES string of the molecule is O=C(O)CCCOCCOCCOCCOCCN(C(=O)CCN1C(=O)C=CC1=O)N1C(=O)CCC1=O. The van der Waals surface area contributed by atoms with Gasteiger partial charge in [-0.05, 0) is 6.42 Å². The van der Waals surface area contributed by atoms with Gasteiger partial charge in [-0.1, -0.05) is 0 Å². The summed E-state index contributed by atoms with van der Waals surface area (Å²) in [4.78, 5) is 71.7. The molecule has 37 heavy (non-hydrogen) atoms. The van der Waals surface area contributed by atoms with Crippen molar-refractivity contribution in [1.29, 1.82) is 0 Å². The fraction of sp³-hybridized carbons (Fsp3) is 0.652. The van der Waals surface area contributed by atoms with Gasteiger partial charge in [0.25, 0.3) is 11.8 Å². The van der Waals surface area contributed by atoms with Crippen LogP contribution in [-0.4, -0.2) is 121 Å². The van der Waals surface area contributed by atoms with Crippen LogP contribution in [0.25, 0.3) is 0 Å². The number of carboxylic acid groups (broad SMARTS) is 1. The number of aliphatic carboxylic acids is 1. The predicted octanol–water partition coefficient (Wildman–Crippen LogP) is -0.875. The maximum atomic E-state index is 12.8. The van der Waals surface area contributed by atoms with Gasteiger partial charge in [-0.15, -0.1) is 0 Å². The Bertz CT molecular complexity index is 827. The van der Waals surface area contributed by atoms with Gasteiger partial charge in [-0.25, -0.2) is 5.01 Å². The van der Waals surface area contributed by atoms with Crippen molar-refractivity contribution in [2.75, 3.05) is 65.9 Å². The Kier molecular flexibility index (Phi) is 13.4. The third-order valence-corrected chi connectivity index (χ3v) is 5.25. The summed E-state index contributed by atoms with van der Waals surface area (Å²) in [5.41, 5.74) is 0. The summed E-state index contributed by atoms with van der Waals surface area (Å²) >= 11 is 0. The number of ether oxygens (including phenoxy) is 4. The van der Waals surface area contributed by atoms with Gasteiger partial charge in [0, 0.05) is 51.0 Å². The third kappa shape index (κ3) is 10.8. The van der Waals surface area contributed by atoms with Crippen molar-refractivity contribution in [3.63, 3.8) is 0 Å². The van der Waals surface area contributed by atoms with E-state index in [2.05, 4.69) is 0 Å². The van der Waals surface area contributed by atoms with Gasteiger partial charge in [0.15, 0.2) is 0 Å². The van der Waals surface area contributed by atoms with Crippen LogP contribution in [0, 0.1) is 0 Å². The Morgan fingerprint density at radius 2 is 1.24 bits per heavy atom. The monoisotopic (exact) mass is 527 g/mol. The molecule has 2 aliphatic rings. The number of carboxylic acids is 1. The first-order valence-electron chi connectivity index (χ1n) is 12.0. The summed E-state index contributed by atoms with van der Waals surface area (Å²) in [6.07, 6.45) is 2.51. The second-order valence-corrected chi connectivity index (χ2v) is 7.97. The Morgan fingerprint density at radius 1 is 0.757 bits per heavy atom. The lowest BCUT2D eigenvalue weighted by Gasteiger charge is -2.30. The first-order chi connectivity index (χ1) is 17.8. The maximum Gasteiger partial charge on any atom is 0.303 e. The fourth-order valence-electron chi connectivity index (χ4n) is 3.40. The zero-order chi connectivity index (χ0) is 27.0. The Balaban J connectivity index is 1.59. The number of nitrogens with zero attached hydrogens (tertiary/aromatic N) is 3. The van der Waals surface area contributed by atoms with E-state index in [1.165, 1.54) is 0 Å². The predicted molar refractivity (Wildman–Crippen MR) is 123 cm³/mol. The summed E-state index contributed by atoms with van der Waals surface area (Å²) in [6, 6.07) is 0. The zero-order valence-corrected chi connectivity index (χ0v) is 20.6. The van der Waals surface area contributed by atoms with Crippen LogP contribution >= 0.6 is 0 Å². The lowest BCUT2D eigenvalue weighted by Crippen LogP contribution is -2.51. The summed E-state index contributed by atoms with van der Waals surface area (Å²) in [7, 11) is 0. The lowest BCUT2D eigenvalue weighted by atomic mass is 10.3. The molecule has 0 spiro atoms. The molecular formula is C23H33N3O11. The molecule has 5 amide bonds. The molecule has 1 fully saturated rings. The van der Waals surface area contributed by atoms with Crippen molar-refractivity contribution in [3.8, 4) is 0 Å². The average molecular weight is 528 g/mol. The van der Waals surface area contributed by atoms with Crippen LogP contribution in [0.4, 0.5) is 0 Å². The van der Waals surface area contributed by atoms with E-state index in [0.717, 1.165) is 27.1 Å². The van der Waals surface area contributed by atoms with Crippen LogP contribution < -0.4 is 0 Å². The van der Waals surface area contributed by atoms with Gasteiger partial charge in [0.05, 0.1) is 52.8 Å². The number of hydrogen-bond donors (Lipinski definition) is 1. The lowest BCUT2D eigenvalue weighted by molar-refractivity contribution is -0.170. The second kappa shape index (κ2) is 16.5. The molecule has 0 atom stereocenters. The molecule has 0 unspecified atom stereocenters. The Hall–Kier alpha value is -3.20. The van der Waals surface area contributed by atoms with Crippen LogP contribution in [0.5, 0.6) is 0 Å². The molecule has 0 radical (unpaired) electrons. The number of rotatable bonds is 20. The van der Waals surface area contributed by atoms with E-state index in [9.17, 15) is 28.8 Å². The highest BCUT2D eigenvalue weighted by atomic mass is 16.6. The molecule has 0 aliphatic carbocycles. The highest BCUT2D eigenvalue weighted by Crippen LogP contribution is 2.16. The molecule has 14 heteroatoms. The molecule has 1 N–H and O–H groups in total. The van der Waals surface area contributed by atoms with Crippen molar-refractivity contribution < 1.29 is 52.8 Å². The highest BCUT2D eigenvalue weighted by molar-refractivity contribution is 6.13. The number of hydrazine groups is 1. The molecule has 2 rings (SSSR count). The van der Waals surface area contributed by atoms with E-state index >= 15 is 0 Å². The van der Waals surface area contributed by atoms with E-state index in [1.807, 2.05) is 0 Å². The molecule has 2 heterocycles. The van der Waals surface area contributed by atoms with E-state index in [0.29, 0.717) is 39.5 Å². The first-order valence-corrected chi connectivity index (χ1v) is 12.0. The molecular weight excluding hydrogens is 494 g/mol. The Morgan fingerprint density at radius 3 is 1.76 bits per heavy atom. The fourth-order valence-corrected chi connectivity index (χ4v) is 3.40. The van der Waals surface area contributed by atoms with Gasteiger partial charge >= 0.3 is 5.97 Å². The molecule has 1 saturated heterocycles. The number of carbonyl (C=O) groups is 6. The molecule has 0 aromatic heterocycles. The molecule has 0 aromatic carbocycles. The summed E-state index contributed by atoms with van der Waals surface area (Å²) in [6.45, 7) is 2.03. The molecule has 0 saturated carbocycles. The van der Waals surface area contributed by atoms with Gasteiger partial charge in [-0.2, -0.15) is 5.01 Å². The van der Waals surface area contributed by atoms with Crippen LogP contribution in [0.2, 0.25) is 0 Å². The van der Waals surface area contributed by atoms with Crippen LogP contribution in [0.1, 0.15) is 32.1 Å². The maximum absolute atomic E-state index is 12.8. The van der Waals surface area contributed by atoms with Crippen molar-refractivity contribution >= 4 is 35.5 Å². The standard InChI is InChI=1S/C23H33N3O11/c27-18-3-4-19(28)24(18)8-7-20(29)25(26-21(30)5-6-22(26)31)9-11-35-13-15-37-17-16-36-14-12-34-10-1-2-23(32)33/h3-4H,1-2,5-17H2,(H,32,33). The van der Waals surface area contributed by atoms with Gasteiger partial charge in [0.2, 0.25) is 17.7 Å². The van der Waals surface area contributed by atoms with Crippen molar-refractivity contribution in [1.82, 2.24) is 14.9 Å². The number of hydrogen-bond acceptors (Lipinski definition) is 10. The molecule has 0 bridgehead atoms. The van der Waals surface area contributed by atoms with Crippen molar-refractivity contribution in [3.05, 3.63) is 12.2 Å². The van der Waals surface area contributed by atoms with Crippen LogP contribution in [0.15, 0.2) is 12.2 Å². The molecule has 2 aliphatic heterocycles. The van der Waals surface area contributed by atoms with E-state index in [4.69, 9.17) is 24.1 Å². The van der Waals surface area contributed by atoms with Gasteiger partial charge in [-0.3, -0.25) is 33.7 Å². The first kappa shape index (κ1) is 30.0. The third-order valence-electron chi connectivity index (χ3n) is 5.25.